The minimum absolute atomic E-state index is 0.0161. The van der Waals surface area contributed by atoms with Crippen LogP contribution in [-0.4, -0.2) is 33.5 Å². The van der Waals surface area contributed by atoms with Gasteiger partial charge < -0.3 is 14.6 Å². The first-order valence-corrected chi connectivity index (χ1v) is 9.45. The first-order chi connectivity index (χ1) is 13.5. The van der Waals surface area contributed by atoms with Gasteiger partial charge in [0.1, 0.15) is 17.4 Å². The predicted octanol–water partition coefficient (Wildman–Crippen LogP) is 3.98. The molecule has 0 fully saturated rings. The number of para-hydroxylation sites is 1. The van der Waals surface area contributed by atoms with Crippen LogP contribution in [0.25, 0.3) is 11.4 Å². The summed E-state index contributed by atoms with van der Waals surface area (Å²) in [6.45, 7) is 2.54. The van der Waals surface area contributed by atoms with Crippen molar-refractivity contribution in [1.29, 1.82) is 0 Å². The Labute approximate surface area is 164 Å². The molecule has 1 N–H and O–H groups in total. The predicted molar refractivity (Wildman–Crippen MR) is 103 cm³/mol. The zero-order valence-corrected chi connectivity index (χ0v) is 16.1. The second kappa shape index (κ2) is 8.83. The van der Waals surface area contributed by atoms with E-state index in [9.17, 15) is 13.6 Å². The van der Waals surface area contributed by atoms with Gasteiger partial charge in [0.05, 0.1) is 18.4 Å². The highest BCUT2D eigenvalue weighted by molar-refractivity contribution is 7.99. The molecule has 1 heterocycles. The zero-order valence-electron chi connectivity index (χ0n) is 15.3. The summed E-state index contributed by atoms with van der Waals surface area (Å²) in [5.41, 5.74) is 0.862. The number of ether oxygens (including phenoxy) is 1. The van der Waals surface area contributed by atoms with Gasteiger partial charge in [-0.15, -0.1) is 10.2 Å². The van der Waals surface area contributed by atoms with Crippen LogP contribution in [0.4, 0.5) is 14.5 Å². The standard InChI is InChI=1S/C19H18F2N4O2S/c1-3-25-18(15-6-4-5-7-16(15)27-2)23-24-19(25)28-11-17(26)22-14-9-12(20)8-13(21)10-14/h4-10H,3,11H2,1-2H3,(H,22,26). The molecule has 146 valence electrons. The lowest BCUT2D eigenvalue weighted by Crippen LogP contribution is -2.15. The third kappa shape index (κ3) is 4.48. The normalized spacial score (nSPS) is 10.7. The number of nitrogens with zero attached hydrogens (tertiary/aromatic N) is 3. The molecule has 6 nitrogen and oxygen atoms in total. The number of hydrogen-bond acceptors (Lipinski definition) is 5. The van der Waals surface area contributed by atoms with E-state index in [1.807, 2.05) is 35.8 Å². The van der Waals surface area contributed by atoms with E-state index in [4.69, 9.17) is 4.74 Å². The van der Waals surface area contributed by atoms with Crippen LogP contribution in [0.15, 0.2) is 47.6 Å². The van der Waals surface area contributed by atoms with Crippen molar-refractivity contribution < 1.29 is 18.3 Å². The van der Waals surface area contributed by atoms with Crippen LogP contribution in [0, 0.1) is 11.6 Å². The van der Waals surface area contributed by atoms with Crippen LogP contribution >= 0.6 is 11.8 Å². The van der Waals surface area contributed by atoms with Gasteiger partial charge in [-0.3, -0.25) is 4.79 Å². The first kappa shape index (κ1) is 19.8. The van der Waals surface area contributed by atoms with Crippen molar-refractivity contribution in [3.63, 3.8) is 0 Å². The van der Waals surface area contributed by atoms with Crippen molar-refractivity contribution in [3.05, 3.63) is 54.1 Å². The molecule has 0 atom stereocenters. The number of hydrogen-bond donors (Lipinski definition) is 1. The number of benzene rings is 2. The average Bonchev–Trinajstić information content (AvgIpc) is 3.08. The summed E-state index contributed by atoms with van der Waals surface area (Å²) < 4.78 is 33.7. The number of anilines is 1. The van der Waals surface area contributed by atoms with E-state index < -0.39 is 17.5 Å². The Morgan fingerprint density at radius 3 is 2.57 bits per heavy atom. The summed E-state index contributed by atoms with van der Waals surface area (Å²) in [6, 6.07) is 10.3. The number of nitrogens with one attached hydrogen (secondary N) is 1. The quantitative estimate of drug-likeness (QED) is 0.603. The molecule has 9 heteroatoms. The maximum absolute atomic E-state index is 13.2. The molecule has 3 aromatic rings. The summed E-state index contributed by atoms with van der Waals surface area (Å²) in [6.07, 6.45) is 0. The Hall–Kier alpha value is -2.94. The summed E-state index contributed by atoms with van der Waals surface area (Å²) in [4.78, 5) is 12.1. The fraction of sp³-hybridized carbons (Fsp3) is 0.211. The number of carbonyl (C=O) groups excluding carboxylic acids is 1. The average molecular weight is 404 g/mol. The van der Waals surface area contributed by atoms with Crippen molar-refractivity contribution in [2.75, 3.05) is 18.2 Å². The molecule has 0 aliphatic carbocycles. The molecule has 0 unspecified atom stereocenters. The smallest absolute Gasteiger partial charge is 0.234 e. The van der Waals surface area contributed by atoms with Gasteiger partial charge in [0.15, 0.2) is 11.0 Å². The first-order valence-electron chi connectivity index (χ1n) is 8.47. The molecular formula is C19H18F2N4O2S. The zero-order chi connectivity index (χ0) is 20.1. The topological polar surface area (TPSA) is 69.0 Å². The maximum atomic E-state index is 13.2. The molecular weight excluding hydrogens is 386 g/mol. The highest BCUT2D eigenvalue weighted by Crippen LogP contribution is 2.30. The Kier molecular flexibility index (Phi) is 6.25. The fourth-order valence-electron chi connectivity index (χ4n) is 2.66. The van der Waals surface area contributed by atoms with Crippen LogP contribution in [0.1, 0.15) is 6.92 Å². The minimum Gasteiger partial charge on any atom is -0.496 e. The maximum Gasteiger partial charge on any atom is 0.234 e. The lowest BCUT2D eigenvalue weighted by Gasteiger charge is -2.10. The number of thioether (sulfide) groups is 1. The number of amides is 1. The Bertz CT molecular complexity index is 974. The van der Waals surface area contributed by atoms with Crippen molar-refractivity contribution in [3.8, 4) is 17.1 Å². The Morgan fingerprint density at radius 2 is 1.89 bits per heavy atom. The molecule has 1 amide bonds. The molecule has 3 rings (SSSR count). The Balaban J connectivity index is 1.73. The van der Waals surface area contributed by atoms with E-state index in [-0.39, 0.29) is 11.4 Å². The lowest BCUT2D eigenvalue weighted by molar-refractivity contribution is -0.113. The molecule has 0 radical (unpaired) electrons. The van der Waals surface area contributed by atoms with E-state index in [1.165, 1.54) is 11.8 Å². The SMILES string of the molecule is CCn1c(SCC(=O)Nc2cc(F)cc(F)c2)nnc1-c1ccccc1OC. The van der Waals surface area contributed by atoms with Gasteiger partial charge in [0, 0.05) is 18.3 Å². The number of methoxy groups -OCH3 is 1. The molecule has 1 aromatic heterocycles. The molecule has 0 aliphatic rings. The number of rotatable bonds is 7. The summed E-state index contributed by atoms with van der Waals surface area (Å²) in [5.74, 6) is -0.589. The number of aromatic nitrogens is 3. The van der Waals surface area contributed by atoms with Crippen LogP contribution < -0.4 is 10.1 Å². The molecule has 0 saturated heterocycles. The largest absolute Gasteiger partial charge is 0.496 e. The van der Waals surface area contributed by atoms with Crippen molar-refractivity contribution in [1.82, 2.24) is 14.8 Å². The molecule has 2 aromatic carbocycles. The molecule has 0 spiro atoms. The summed E-state index contributed by atoms with van der Waals surface area (Å²) in [7, 11) is 1.58. The van der Waals surface area contributed by atoms with E-state index >= 15 is 0 Å². The summed E-state index contributed by atoms with van der Waals surface area (Å²) >= 11 is 1.19. The van der Waals surface area contributed by atoms with Crippen molar-refractivity contribution >= 4 is 23.4 Å². The van der Waals surface area contributed by atoms with E-state index in [2.05, 4.69) is 15.5 Å². The summed E-state index contributed by atoms with van der Waals surface area (Å²) in [5, 5.41) is 11.4. The molecule has 0 saturated carbocycles. The van der Waals surface area contributed by atoms with Crippen molar-refractivity contribution in [2.24, 2.45) is 0 Å². The molecule has 28 heavy (non-hydrogen) atoms. The number of halogens is 2. The van der Waals surface area contributed by atoms with Crippen LogP contribution in [-0.2, 0) is 11.3 Å². The van der Waals surface area contributed by atoms with Crippen LogP contribution in [0.2, 0.25) is 0 Å². The van der Waals surface area contributed by atoms with Gasteiger partial charge in [-0.25, -0.2) is 8.78 Å². The highest BCUT2D eigenvalue weighted by atomic mass is 32.2. The van der Waals surface area contributed by atoms with Crippen LogP contribution in [0.3, 0.4) is 0 Å². The van der Waals surface area contributed by atoms with Gasteiger partial charge >= 0.3 is 0 Å². The molecule has 0 aliphatic heterocycles. The van der Waals surface area contributed by atoms with Gasteiger partial charge in [0.2, 0.25) is 5.91 Å². The minimum atomic E-state index is -0.755. The second-order valence-corrected chi connectivity index (χ2v) is 6.69. The van der Waals surface area contributed by atoms with Crippen molar-refractivity contribution in [2.45, 2.75) is 18.6 Å². The number of carbonyl (C=O) groups is 1. The third-order valence-corrected chi connectivity index (χ3v) is 4.83. The lowest BCUT2D eigenvalue weighted by atomic mass is 10.2. The van der Waals surface area contributed by atoms with Gasteiger partial charge in [-0.05, 0) is 31.2 Å². The van der Waals surface area contributed by atoms with E-state index in [0.29, 0.717) is 23.3 Å². The van der Waals surface area contributed by atoms with Gasteiger partial charge in [-0.1, -0.05) is 23.9 Å². The van der Waals surface area contributed by atoms with E-state index in [1.54, 1.807) is 7.11 Å². The van der Waals surface area contributed by atoms with Gasteiger partial charge in [-0.2, -0.15) is 0 Å². The van der Waals surface area contributed by atoms with E-state index in [0.717, 1.165) is 23.8 Å². The third-order valence-electron chi connectivity index (χ3n) is 3.86. The van der Waals surface area contributed by atoms with Gasteiger partial charge in [0.25, 0.3) is 0 Å². The molecule has 0 bridgehead atoms. The fourth-order valence-corrected chi connectivity index (χ4v) is 3.46. The second-order valence-electron chi connectivity index (χ2n) is 5.75. The Morgan fingerprint density at radius 1 is 1.18 bits per heavy atom. The van der Waals surface area contributed by atoms with Crippen LogP contribution in [0.5, 0.6) is 5.75 Å². The monoisotopic (exact) mass is 404 g/mol. The highest BCUT2D eigenvalue weighted by Gasteiger charge is 2.17.